The van der Waals surface area contributed by atoms with Crippen LogP contribution in [-0.4, -0.2) is 38.3 Å². The van der Waals surface area contributed by atoms with Gasteiger partial charge < -0.3 is 15.2 Å². The van der Waals surface area contributed by atoms with Gasteiger partial charge in [0.15, 0.2) is 5.69 Å². The summed E-state index contributed by atoms with van der Waals surface area (Å²) in [5.74, 6) is 0.985. The Balaban J connectivity index is 1.33. The van der Waals surface area contributed by atoms with Crippen LogP contribution < -0.4 is 10.6 Å². The molecule has 0 radical (unpaired) electrons. The number of carbonyl (C=O) groups excluding carboxylic acids is 1. The molecule has 2 aromatic heterocycles. The molecule has 28 heavy (non-hydrogen) atoms. The number of amides is 1. The maximum atomic E-state index is 12.7. The highest BCUT2D eigenvalue weighted by molar-refractivity contribution is 6.03. The number of aryl methyl sites for hydroxylation is 2. The highest BCUT2D eigenvalue weighted by Gasteiger charge is 2.18. The van der Waals surface area contributed by atoms with Crippen molar-refractivity contribution in [3.8, 4) is 0 Å². The quantitative estimate of drug-likeness (QED) is 0.734. The van der Waals surface area contributed by atoms with Crippen LogP contribution in [0.25, 0.3) is 11.0 Å². The number of hydrogen-bond donors (Lipinski definition) is 2. The minimum absolute atomic E-state index is 0.178. The lowest BCUT2D eigenvalue weighted by Gasteiger charge is -2.22. The molecule has 0 spiro atoms. The topological polar surface area (TPSA) is 76.8 Å². The van der Waals surface area contributed by atoms with Crippen LogP contribution in [0.15, 0.2) is 30.5 Å². The summed E-state index contributed by atoms with van der Waals surface area (Å²) in [7, 11) is 0. The van der Waals surface area contributed by atoms with E-state index in [1.165, 1.54) is 19.3 Å². The number of rotatable bonds is 3. The Hall–Kier alpha value is -2.67. The Morgan fingerprint density at radius 3 is 3.04 bits per heavy atom. The van der Waals surface area contributed by atoms with Gasteiger partial charge in [0.2, 0.25) is 0 Å². The van der Waals surface area contributed by atoms with Crippen LogP contribution in [0.4, 0.5) is 5.69 Å². The molecule has 2 aliphatic rings. The number of anilines is 1. The number of aromatic nitrogens is 4. The molecule has 1 atom stereocenters. The van der Waals surface area contributed by atoms with Gasteiger partial charge in [-0.3, -0.25) is 9.48 Å². The van der Waals surface area contributed by atoms with Crippen molar-refractivity contribution >= 4 is 22.6 Å². The maximum Gasteiger partial charge on any atom is 0.276 e. The van der Waals surface area contributed by atoms with E-state index in [9.17, 15) is 4.79 Å². The zero-order valence-electron chi connectivity index (χ0n) is 16.0. The van der Waals surface area contributed by atoms with Crippen molar-refractivity contribution < 1.29 is 4.79 Å². The predicted octanol–water partition coefficient (Wildman–Crippen LogP) is 3.14. The molecule has 1 aromatic carbocycles. The number of benzene rings is 1. The van der Waals surface area contributed by atoms with E-state index < -0.39 is 0 Å². The molecule has 4 heterocycles. The normalized spacial score (nSPS) is 19.9. The first-order valence-corrected chi connectivity index (χ1v) is 10.3. The van der Waals surface area contributed by atoms with Gasteiger partial charge in [-0.25, -0.2) is 4.98 Å². The molecule has 0 aliphatic carbocycles. The fourth-order valence-corrected chi connectivity index (χ4v) is 4.34. The van der Waals surface area contributed by atoms with Gasteiger partial charge >= 0.3 is 0 Å². The number of piperidine rings is 1. The van der Waals surface area contributed by atoms with Crippen LogP contribution in [0.2, 0.25) is 0 Å². The first-order chi connectivity index (χ1) is 13.8. The van der Waals surface area contributed by atoms with Gasteiger partial charge in [-0.05, 0) is 56.5 Å². The smallest absolute Gasteiger partial charge is 0.276 e. The Bertz CT molecular complexity index is 998. The SMILES string of the molecule is O=C(Nc1ccc2c(c1)nc1n2CCCCC1)c1ccn(C2CCCNC2)n1. The number of fused-ring (bicyclic) bond motifs is 3. The molecule has 2 aliphatic heterocycles. The number of imidazole rings is 1. The van der Waals surface area contributed by atoms with Gasteiger partial charge in [0.1, 0.15) is 5.82 Å². The summed E-state index contributed by atoms with van der Waals surface area (Å²) in [4.78, 5) is 17.5. The molecular formula is C21H26N6O. The van der Waals surface area contributed by atoms with Crippen LogP contribution in [0, 0.1) is 0 Å². The predicted molar refractivity (Wildman–Crippen MR) is 109 cm³/mol. The zero-order chi connectivity index (χ0) is 18.9. The molecular weight excluding hydrogens is 352 g/mol. The molecule has 7 heteroatoms. The monoisotopic (exact) mass is 378 g/mol. The number of nitrogens with one attached hydrogen (secondary N) is 2. The van der Waals surface area contributed by atoms with Crippen molar-refractivity contribution in [3.05, 3.63) is 42.0 Å². The van der Waals surface area contributed by atoms with E-state index in [0.717, 1.165) is 61.4 Å². The fourth-order valence-electron chi connectivity index (χ4n) is 4.34. The van der Waals surface area contributed by atoms with Gasteiger partial charge in [0.25, 0.3) is 5.91 Å². The molecule has 7 nitrogen and oxygen atoms in total. The third-order valence-corrected chi connectivity index (χ3v) is 5.85. The van der Waals surface area contributed by atoms with Gasteiger partial charge in [-0.2, -0.15) is 5.10 Å². The number of nitrogens with zero attached hydrogens (tertiary/aromatic N) is 4. The molecule has 3 aromatic rings. The van der Waals surface area contributed by atoms with E-state index in [-0.39, 0.29) is 5.91 Å². The Labute approximate surface area is 164 Å². The second-order valence-corrected chi connectivity index (χ2v) is 7.83. The molecule has 146 valence electrons. The Kier molecular flexibility index (Phi) is 4.60. The maximum absolute atomic E-state index is 12.7. The lowest BCUT2D eigenvalue weighted by atomic mass is 10.1. The Morgan fingerprint density at radius 1 is 1.18 bits per heavy atom. The van der Waals surface area contributed by atoms with E-state index in [1.807, 2.05) is 23.0 Å². The van der Waals surface area contributed by atoms with E-state index in [4.69, 9.17) is 4.98 Å². The summed E-state index contributed by atoms with van der Waals surface area (Å²) < 4.78 is 4.24. The zero-order valence-corrected chi connectivity index (χ0v) is 16.0. The van der Waals surface area contributed by atoms with Crippen molar-refractivity contribution in [2.75, 3.05) is 18.4 Å². The van der Waals surface area contributed by atoms with Crippen LogP contribution in [0.3, 0.4) is 0 Å². The average Bonchev–Trinajstić information content (AvgIpc) is 3.27. The van der Waals surface area contributed by atoms with Crippen LogP contribution >= 0.6 is 0 Å². The second-order valence-electron chi connectivity index (χ2n) is 7.83. The fraction of sp³-hybridized carbons (Fsp3) is 0.476. The van der Waals surface area contributed by atoms with Crippen molar-refractivity contribution in [2.24, 2.45) is 0 Å². The van der Waals surface area contributed by atoms with Gasteiger partial charge in [0, 0.05) is 31.4 Å². The van der Waals surface area contributed by atoms with Crippen LogP contribution in [0.5, 0.6) is 0 Å². The molecule has 1 saturated heterocycles. The minimum atomic E-state index is -0.178. The van der Waals surface area contributed by atoms with E-state index in [1.54, 1.807) is 6.07 Å². The van der Waals surface area contributed by atoms with Crippen LogP contribution in [-0.2, 0) is 13.0 Å². The molecule has 1 unspecified atom stereocenters. The molecule has 5 rings (SSSR count). The second kappa shape index (κ2) is 7.39. The average molecular weight is 378 g/mol. The minimum Gasteiger partial charge on any atom is -0.328 e. The summed E-state index contributed by atoms with van der Waals surface area (Å²) in [5, 5.41) is 10.9. The molecule has 0 bridgehead atoms. The van der Waals surface area contributed by atoms with E-state index in [2.05, 4.69) is 26.4 Å². The van der Waals surface area contributed by atoms with E-state index in [0.29, 0.717) is 11.7 Å². The number of hydrogen-bond acceptors (Lipinski definition) is 4. The van der Waals surface area contributed by atoms with Crippen molar-refractivity contribution in [1.82, 2.24) is 24.6 Å². The highest BCUT2D eigenvalue weighted by Crippen LogP contribution is 2.25. The van der Waals surface area contributed by atoms with Gasteiger partial charge in [-0.15, -0.1) is 0 Å². The Morgan fingerprint density at radius 2 is 2.14 bits per heavy atom. The van der Waals surface area contributed by atoms with E-state index >= 15 is 0 Å². The van der Waals surface area contributed by atoms with Gasteiger partial charge in [-0.1, -0.05) is 6.42 Å². The molecule has 1 fully saturated rings. The molecule has 2 N–H and O–H groups in total. The summed E-state index contributed by atoms with van der Waals surface area (Å²) in [6.07, 6.45) is 8.84. The lowest BCUT2D eigenvalue weighted by Crippen LogP contribution is -2.32. The molecule has 1 amide bonds. The first-order valence-electron chi connectivity index (χ1n) is 10.3. The summed E-state index contributed by atoms with van der Waals surface area (Å²) in [6.45, 7) is 3.00. The molecule has 0 saturated carbocycles. The van der Waals surface area contributed by atoms with Crippen molar-refractivity contribution in [3.63, 3.8) is 0 Å². The van der Waals surface area contributed by atoms with Crippen molar-refractivity contribution in [2.45, 2.75) is 51.1 Å². The summed E-state index contributed by atoms with van der Waals surface area (Å²) in [6, 6.07) is 8.12. The standard InChI is InChI=1S/C21H26N6O/c28-21(17-9-12-27(25-17)16-5-4-10-22-14-16)23-15-7-8-19-18(13-15)24-20-6-2-1-3-11-26(19)20/h7-9,12-13,16,22H,1-6,10-11,14H2,(H,23,28). The van der Waals surface area contributed by atoms with Gasteiger partial charge in [0.05, 0.1) is 17.1 Å². The van der Waals surface area contributed by atoms with Crippen LogP contribution in [0.1, 0.15) is 54.5 Å². The lowest BCUT2D eigenvalue weighted by molar-refractivity contribution is 0.102. The van der Waals surface area contributed by atoms with Crippen molar-refractivity contribution in [1.29, 1.82) is 0 Å². The highest BCUT2D eigenvalue weighted by atomic mass is 16.1. The first kappa shape index (κ1) is 17.4. The third-order valence-electron chi connectivity index (χ3n) is 5.85. The number of carbonyl (C=O) groups is 1. The summed E-state index contributed by atoms with van der Waals surface area (Å²) >= 11 is 0. The summed E-state index contributed by atoms with van der Waals surface area (Å²) in [5.41, 5.74) is 3.32. The third kappa shape index (κ3) is 3.30. The largest absolute Gasteiger partial charge is 0.328 e.